The zero-order valence-electron chi connectivity index (χ0n) is 17.4. The summed E-state index contributed by atoms with van der Waals surface area (Å²) in [5.74, 6) is -0.225. The highest BCUT2D eigenvalue weighted by Crippen LogP contribution is 2.28. The minimum Gasteiger partial charge on any atom is -0.479 e. The van der Waals surface area contributed by atoms with Crippen LogP contribution in [0.15, 0.2) is 74.9 Å². The van der Waals surface area contributed by atoms with E-state index in [1.54, 1.807) is 31.2 Å². The van der Waals surface area contributed by atoms with E-state index in [1.807, 2.05) is 30.3 Å². The van der Waals surface area contributed by atoms with Crippen molar-refractivity contribution in [2.75, 3.05) is 0 Å². The molecule has 2 amide bonds. The topological polar surface area (TPSA) is 92.9 Å². The number of hydrogen-bond donors (Lipinski definition) is 2. The van der Waals surface area contributed by atoms with E-state index in [9.17, 15) is 9.59 Å². The van der Waals surface area contributed by atoms with E-state index in [0.29, 0.717) is 21.2 Å². The molecular weight excluding hydrogens is 533 g/mol. The second kappa shape index (κ2) is 11.9. The van der Waals surface area contributed by atoms with Gasteiger partial charge < -0.3 is 14.5 Å². The molecule has 0 unspecified atom stereocenters. The number of hydrazone groups is 1. The third-order valence-corrected chi connectivity index (χ3v) is 5.40. The van der Waals surface area contributed by atoms with Gasteiger partial charge in [0.25, 0.3) is 11.8 Å². The monoisotopic (exact) mass is 551 g/mol. The Bertz CT molecular complexity index is 1140. The van der Waals surface area contributed by atoms with Crippen molar-refractivity contribution in [3.63, 3.8) is 0 Å². The first kappa shape index (κ1) is 24.8. The molecule has 0 saturated heterocycles. The van der Waals surface area contributed by atoms with E-state index in [4.69, 9.17) is 32.4 Å². The summed E-state index contributed by atoms with van der Waals surface area (Å²) in [6.45, 7) is 1.56. The highest BCUT2D eigenvalue weighted by Gasteiger charge is 2.25. The van der Waals surface area contributed by atoms with Crippen LogP contribution in [-0.4, -0.2) is 30.2 Å². The molecule has 10 heteroatoms. The average molecular weight is 553 g/mol. The Balaban J connectivity index is 1.67. The zero-order chi connectivity index (χ0) is 23.8. The Labute approximate surface area is 209 Å². The maximum Gasteiger partial charge on any atom is 0.262 e. The molecule has 1 aromatic heterocycles. The number of carbonyl (C=O) groups excluding carboxylic acids is 2. The Morgan fingerprint density at radius 2 is 1.88 bits per heavy atom. The SMILES string of the molecule is C[C@H](Oc1ccc(Cl)cc1Cl)C(=O)N[C@@H](Cc1ccccc1)C(=O)N/N=C\c1ccc(Br)o1. The van der Waals surface area contributed by atoms with E-state index in [0.717, 1.165) is 5.56 Å². The van der Waals surface area contributed by atoms with Gasteiger partial charge in [-0.25, -0.2) is 5.43 Å². The van der Waals surface area contributed by atoms with Crippen LogP contribution >= 0.6 is 39.1 Å². The summed E-state index contributed by atoms with van der Waals surface area (Å²) in [5, 5.41) is 7.35. The van der Waals surface area contributed by atoms with Crippen LogP contribution in [0, 0.1) is 0 Å². The highest BCUT2D eigenvalue weighted by atomic mass is 79.9. The van der Waals surface area contributed by atoms with Crippen LogP contribution in [0.2, 0.25) is 10.0 Å². The quantitative estimate of drug-likeness (QED) is 0.289. The number of halogens is 3. The summed E-state index contributed by atoms with van der Waals surface area (Å²) in [6, 6.07) is 16.5. The number of hydrogen-bond acceptors (Lipinski definition) is 5. The minimum atomic E-state index is -0.918. The second-order valence-corrected chi connectivity index (χ2v) is 8.59. The summed E-state index contributed by atoms with van der Waals surface area (Å²) >= 11 is 15.2. The predicted molar refractivity (Wildman–Crippen MR) is 131 cm³/mol. The third-order valence-electron chi connectivity index (χ3n) is 4.44. The third kappa shape index (κ3) is 7.63. The van der Waals surface area contributed by atoms with Gasteiger partial charge in [-0.3, -0.25) is 9.59 Å². The molecule has 2 N–H and O–H groups in total. The van der Waals surface area contributed by atoms with Crippen LogP contribution in [0.25, 0.3) is 0 Å². The maximum atomic E-state index is 12.8. The van der Waals surface area contributed by atoms with Crippen LogP contribution in [0.5, 0.6) is 5.75 Å². The molecule has 2 aromatic carbocycles. The summed E-state index contributed by atoms with van der Waals surface area (Å²) in [4.78, 5) is 25.6. The number of benzene rings is 2. The number of rotatable bonds is 9. The molecule has 0 aliphatic rings. The van der Waals surface area contributed by atoms with Crippen molar-refractivity contribution in [3.8, 4) is 5.75 Å². The lowest BCUT2D eigenvalue weighted by molar-refractivity contribution is -0.132. The van der Waals surface area contributed by atoms with E-state index >= 15 is 0 Å². The van der Waals surface area contributed by atoms with E-state index in [-0.39, 0.29) is 11.4 Å². The highest BCUT2D eigenvalue weighted by molar-refractivity contribution is 9.10. The molecule has 0 aliphatic carbocycles. The molecule has 1 heterocycles. The minimum absolute atomic E-state index is 0.259. The molecule has 0 radical (unpaired) electrons. The number of ether oxygens (including phenoxy) is 1. The van der Waals surface area contributed by atoms with Crippen molar-refractivity contribution in [3.05, 3.63) is 86.7 Å². The molecule has 0 spiro atoms. The fourth-order valence-electron chi connectivity index (χ4n) is 2.80. The lowest BCUT2D eigenvalue weighted by Crippen LogP contribution is -2.50. The number of nitrogens with one attached hydrogen (secondary N) is 2. The van der Waals surface area contributed by atoms with Crippen LogP contribution in [-0.2, 0) is 16.0 Å². The van der Waals surface area contributed by atoms with Gasteiger partial charge >= 0.3 is 0 Å². The molecule has 3 rings (SSSR count). The summed E-state index contributed by atoms with van der Waals surface area (Å²) in [6.07, 6.45) is 0.700. The van der Waals surface area contributed by atoms with Crippen LogP contribution in [0.1, 0.15) is 18.2 Å². The number of carbonyl (C=O) groups is 2. The van der Waals surface area contributed by atoms with Crippen molar-refractivity contribution in [2.45, 2.75) is 25.5 Å². The fourth-order valence-corrected chi connectivity index (χ4v) is 3.57. The molecule has 0 aliphatic heterocycles. The molecular formula is C23H20BrCl2N3O4. The molecule has 0 bridgehead atoms. The lowest BCUT2D eigenvalue weighted by atomic mass is 10.1. The first-order valence-electron chi connectivity index (χ1n) is 9.86. The maximum absolute atomic E-state index is 12.8. The van der Waals surface area contributed by atoms with Gasteiger partial charge in [-0.2, -0.15) is 5.10 Å². The lowest BCUT2D eigenvalue weighted by Gasteiger charge is -2.21. The Kier molecular flexibility index (Phi) is 8.94. The smallest absolute Gasteiger partial charge is 0.262 e. The van der Waals surface area contributed by atoms with Gasteiger partial charge in [0.15, 0.2) is 10.8 Å². The summed E-state index contributed by atoms with van der Waals surface area (Å²) in [7, 11) is 0. The summed E-state index contributed by atoms with van der Waals surface area (Å²) in [5.41, 5.74) is 3.30. The van der Waals surface area contributed by atoms with Gasteiger partial charge in [0.1, 0.15) is 17.6 Å². The molecule has 172 valence electrons. The molecule has 2 atom stereocenters. The summed E-state index contributed by atoms with van der Waals surface area (Å²) < 4.78 is 11.5. The van der Waals surface area contributed by atoms with Crippen LogP contribution in [0.4, 0.5) is 0 Å². The van der Waals surface area contributed by atoms with Crippen molar-refractivity contribution >= 4 is 57.2 Å². The molecule has 3 aromatic rings. The molecule has 0 fully saturated rings. The first-order chi connectivity index (χ1) is 15.8. The molecule has 33 heavy (non-hydrogen) atoms. The Morgan fingerprint density at radius 1 is 1.12 bits per heavy atom. The van der Waals surface area contributed by atoms with Gasteiger partial charge in [0.05, 0.1) is 11.2 Å². The van der Waals surface area contributed by atoms with E-state index in [1.165, 1.54) is 12.3 Å². The Morgan fingerprint density at radius 3 is 2.55 bits per heavy atom. The van der Waals surface area contributed by atoms with Crippen LogP contribution in [0.3, 0.4) is 0 Å². The Hall–Kier alpha value is -2.81. The van der Waals surface area contributed by atoms with Crippen molar-refractivity contribution in [2.24, 2.45) is 5.10 Å². The largest absolute Gasteiger partial charge is 0.479 e. The van der Waals surface area contributed by atoms with E-state index in [2.05, 4.69) is 31.8 Å². The van der Waals surface area contributed by atoms with Crippen LogP contribution < -0.4 is 15.5 Å². The molecule has 7 nitrogen and oxygen atoms in total. The zero-order valence-corrected chi connectivity index (χ0v) is 20.5. The predicted octanol–water partition coefficient (Wildman–Crippen LogP) is 4.99. The number of amides is 2. The van der Waals surface area contributed by atoms with Crippen molar-refractivity contribution in [1.82, 2.24) is 10.7 Å². The number of furan rings is 1. The fraction of sp³-hybridized carbons (Fsp3) is 0.174. The second-order valence-electron chi connectivity index (χ2n) is 6.96. The molecule has 0 saturated carbocycles. The standard InChI is InChI=1S/C23H20BrCl2N3O4/c1-14(32-20-9-7-16(25)12-18(20)26)22(30)28-19(11-15-5-3-2-4-6-15)23(31)29-27-13-17-8-10-21(24)33-17/h2-10,12-14,19H,11H2,1H3,(H,28,30)(H,29,31)/b27-13-/t14-,19-/m0/s1. The van der Waals surface area contributed by atoms with Gasteiger partial charge in [-0.05, 0) is 58.7 Å². The van der Waals surface area contributed by atoms with E-state index < -0.39 is 24.0 Å². The van der Waals surface area contributed by atoms with Gasteiger partial charge in [-0.15, -0.1) is 0 Å². The van der Waals surface area contributed by atoms with Gasteiger partial charge in [-0.1, -0.05) is 53.5 Å². The first-order valence-corrected chi connectivity index (χ1v) is 11.4. The average Bonchev–Trinajstić information content (AvgIpc) is 3.20. The van der Waals surface area contributed by atoms with Gasteiger partial charge in [0, 0.05) is 11.4 Å². The van der Waals surface area contributed by atoms with Crippen molar-refractivity contribution < 1.29 is 18.7 Å². The number of nitrogens with zero attached hydrogens (tertiary/aromatic N) is 1. The normalized spacial score (nSPS) is 12.8. The van der Waals surface area contributed by atoms with Gasteiger partial charge in [0.2, 0.25) is 0 Å². The van der Waals surface area contributed by atoms with Crippen molar-refractivity contribution in [1.29, 1.82) is 0 Å².